The minimum absolute atomic E-state index is 0.125. The van der Waals surface area contributed by atoms with Gasteiger partial charge in [-0.2, -0.15) is 26.3 Å². The van der Waals surface area contributed by atoms with Gasteiger partial charge in [0.1, 0.15) is 0 Å². The molecule has 2 aromatic rings. The summed E-state index contributed by atoms with van der Waals surface area (Å²) in [6.07, 6.45) is -11.3. The molecule has 0 aliphatic rings. The third kappa shape index (κ3) is 5.68. The Labute approximate surface area is 217 Å². The van der Waals surface area contributed by atoms with Crippen molar-refractivity contribution in [1.82, 2.24) is 0 Å². The van der Waals surface area contributed by atoms with Gasteiger partial charge in [-0.15, -0.1) is 0 Å². The van der Waals surface area contributed by atoms with Gasteiger partial charge in [0.2, 0.25) is 5.91 Å². The summed E-state index contributed by atoms with van der Waals surface area (Å²) in [4.78, 5) is 26.6. The third-order valence-corrected chi connectivity index (χ3v) is 7.11. The highest BCUT2D eigenvalue weighted by Crippen LogP contribution is 2.53. The number of carbonyl (C=O) groups excluding carboxylic acids is 2. The monoisotopic (exact) mass is 652 g/mol. The molecule has 5 nitrogen and oxygen atoms in total. The minimum Gasteiger partial charge on any atom is -0.366 e. The van der Waals surface area contributed by atoms with Crippen molar-refractivity contribution >= 4 is 50.9 Å². The molecule has 0 saturated carbocycles. The van der Waals surface area contributed by atoms with Crippen molar-refractivity contribution in [1.29, 1.82) is 0 Å². The molecular weight excluding hydrogens is 632 g/mol. The van der Waals surface area contributed by atoms with E-state index in [4.69, 9.17) is 5.73 Å². The van der Waals surface area contributed by atoms with Crippen LogP contribution < -0.4 is 10.6 Å². The summed E-state index contributed by atoms with van der Waals surface area (Å²) in [5, 5.41) is 0. The highest BCUT2D eigenvalue weighted by Gasteiger charge is 2.73. The molecule has 0 fully saturated rings. The Balaban J connectivity index is 2.77. The van der Waals surface area contributed by atoms with E-state index in [2.05, 4.69) is 0 Å². The average Bonchev–Trinajstić information content (AvgIpc) is 2.71. The van der Waals surface area contributed by atoms with Crippen LogP contribution in [0.4, 0.5) is 36.4 Å². The normalized spacial score (nSPS) is 14.3. The van der Waals surface area contributed by atoms with E-state index in [0.29, 0.717) is 12.1 Å². The van der Waals surface area contributed by atoms with Crippen molar-refractivity contribution in [2.45, 2.75) is 37.9 Å². The van der Waals surface area contributed by atoms with Crippen LogP contribution in [0, 0.1) is 10.5 Å². The fourth-order valence-corrected chi connectivity index (χ4v) is 5.21. The van der Waals surface area contributed by atoms with Gasteiger partial charge in [0.15, 0.2) is 0 Å². The molecule has 2 amide bonds. The summed E-state index contributed by atoms with van der Waals surface area (Å²) in [6, 6.07) is 4.73. The zero-order valence-electron chi connectivity index (χ0n) is 18.9. The molecule has 0 saturated heterocycles. The number of aryl methyl sites for hydroxylation is 1. The van der Waals surface area contributed by atoms with E-state index in [9.17, 15) is 44.5 Å². The number of hydrogen-bond acceptors (Lipinski definition) is 3. The maximum Gasteiger partial charge on any atom is 0.435 e. The quantitative estimate of drug-likeness (QED) is 0.322. The average molecular weight is 652 g/mol. The SMILES string of the molecule is Cc1cc(C(F)(C(F)(F)F)C(F)(F)F)ccc1N(C(=O)c1c(I)cccc1C(N)=O)[C@@H](C)CS(C)=O. The van der Waals surface area contributed by atoms with Gasteiger partial charge in [0.25, 0.3) is 5.91 Å². The molecule has 1 unspecified atom stereocenters. The van der Waals surface area contributed by atoms with Crippen molar-refractivity contribution in [3.63, 3.8) is 0 Å². The predicted molar refractivity (Wildman–Crippen MR) is 129 cm³/mol. The summed E-state index contributed by atoms with van der Waals surface area (Å²) < 4.78 is 106. The second kappa shape index (κ2) is 10.6. The Bertz CT molecular complexity index is 1190. The van der Waals surface area contributed by atoms with E-state index >= 15 is 0 Å². The van der Waals surface area contributed by atoms with Gasteiger partial charge in [-0.25, -0.2) is 4.39 Å². The molecule has 0 spiro atoms. The fourth-order valence-electron chi connectivity index (χ4n) is 3.66. The minimum atomic E-state index is -6.31. The Morgan fingerprint density at radius 3 is 2.06 bits per heavy atom. The lowest BCUT2D eigenvalue weighted by molar-refractivity contribution is -0.348. The van der Waals surface area contributed by atoms with Gasteiger partial charge in [-0.3, -0.25) is 13.8 Å². The van der Waals surface area contributed by atoms with E-state index in [0.717, 1.165) is 17.9 Å². The van der Waals surface area contributed by atoms with Gasteiger partial charge in [-0.1, -0.05) is 18.2 Å². The Hall–Kier alpha value is -2.23. The molecule has 0 aliphatic carbocycles. The zero-order valence-corrected chi connectivity index (χ0v) is 21.9. The van der Waals surface area contributed by atoms with Crippen molar-refractivity contribution in [2.24, 2.45) is 5.73 Å². The second-order valence-electron chi connectivity index (χ2n) is 7.95. The first-order valence-corrected chi connectivity index (χ1v) is 12.8. The molecule has 36 heavy (non-hydrogen) atoms. The number of benzene rings is 2. The molecule has 14 heteroatoms. The van der Waals surface area contributed by atoms with Crippen LogP contribution in [0.15, 0.2) is 36.4 Å². The lowest BCUT2D eigenvalue weighted by atomic mass is 9.92. The lowest BCUT2D eigenvalue weighted by Crippen LogP contribution is -2.50. The summed E-state index contributed by atoms with van der Waals surface area (Å²) >= 11 is 1.76. The maximum atomic E-state index is 14.6. The van der Waals surface area contributed by atoms with Gasteiger partial charge < -0.3 is 10.6 Å². The number of halogens is 8. The smallest absolute Gasteiger partial charge is 0.366 e. The maximum absolute atomic E-state index is 14.6. The van der Waals surface area contributed by atoms with Crippen LogP contribution >= 0.6 is 22.6 Å². The summed E-state index contributed by atoms with van der Waals surface area (Å²) in [6.45, 7) is 2.56. The van der Waals surface area contributed by atoms with Crippen LogP contribution in [0.3, 0.4) is 0 Å². The van der Waals surface area contributed by atoms with E-state index in [1.165, 1.54) is 31.4 Å². The van der Waals surface area contributed by atoms with E-state index in [-0.39, 0.29) is 31.7 Å². The summed E-state index contributed by atoms with van der Waals surface area (Å²) in [7, 11) is -1.48. The van der Waals surface area contributed by atoms with Crippen LogP contribution in [0.1, 0.15) is 38.8 Å². The molecular formula is C22H20F7IN2O3S. The largest absolute Gasteiger partial charge is 0.435 e. The first kappa shape index (κ1) is 30.0. The molecule has 0 aromatic heterocycles. The van der Waals surface area contributed by atoms with Gasteiger partial charge in [-0.05, 0) is 60.2 Å². The summed E-state index contributed by atoms with van der Waals surface area (Å²) in [5.41, 5.74) is -2.77. The Morgan fingerprint density at radius 1 is 1.06 bits per heavy atom. The summed E-state index contributed by atoms with van der Waals surface area (Å²) in [5.74, 6) is -1.94. The van der Waals surface area contributed by atoms with Crippen molar-refractivity contribution in [3.05, 3.63) is 62.2 Å². The number of anilines is 1. The molecule has 0 heterocycles. The molecule has 0 radical (unpaired) electrons. The number of carbonyl (C=O) groups is 2. The van der Waals surface area contributed by atoms with Crippen LogP contribution in [0.25, 0.3) is 0 Å². The standard InChI is InChI=1S/C22H20F7IN2O3S/c1-11-9-13(20(23,21(24,25)26)22(27,28)29)7-8-16(11)32(12(2)10-36(3)35)19(34)17-14(18(31)33)5-4-6-15(17)30/h4-9,12H,10H2,1-3H3,(H2,31,33)/t12-,36?/m0/s1. The molecule has 2 atom stereocenters. The van der Waals surface area contributed by atoms with Gasteiger partial charge in [0.05, 0.1) is 11.1 Å². The van der Waals surface area contributed by atoms with Gasteiger partial charge >= 0.3 is 18.0 Å². The first-order chi connectivity index (χ1) is 16.3. The number of primary amides is 1. The van der Waals surface area contributed by atoms with E-state index in [1.807, 2.05) is 0 Å². The van der Waals surface area contributed by atoms with Crippen molar-refractivity contribution in [3.8, 4) is 0 Å². The number of alkyl halides is 7. The van der Waals surface area contributed by atoms with Crippen molar-refractivity contribution < 1.29 is 44.5 Å². The number of nitrogens with zero attached hydrogens (tertiary/aromatic N) is 1. The highest BCUT2D eigenvalue weighted by atomic mass is 127. The van der Waals surface area contributed by atoms with Crippen LogP contribution in [-0.2, 0) is 16.5 Å². The number of rotatable bonds is 7. The fraction of sp³-hybridized carbons (Fsp3) is 0.364. The topological polar surface area (TPSA) is 80.5 Å². The molecule has 2 N–H and O–H groups in total. The van der Waals surface area contributed by atoms with Crippen molar-refractivity contribution in [2.75, 3.05) is 16.9 Å². The zero-order chi connectivity index (χ0) is 27.8. The molecule has 2 aromatic carbocycles. The number of amides is 2. The third-order valence-electron chi connectivity index (χ3n) is 5.26. The molecule has 0 aliphatic heterocycles. The molecule has 198 valence electrons. The van der Waals surface area contributed by atoms with E-state index < -0.39 is 52.2 Å². The highest BCUT2D eigenvalue weighted by molar-refractivity contribution is 14.1. The van der Waals surface area contributed by atoms with Crippen LogP contribution in [-0.4, -0.2) is 46.4 Å². The van der Waals surface area contributed by atoms with Crippen LogP contribution in [0.2, 0.25) is 0 Å². The lowest BCUT2D eigenvalue weighted by Gasteiger charge is -2.33. The van der Waals surface area contributed by atoms with Gasteiger partial charge in [0, 0.05) is 43.7 Å². The first-order valence-electron chi connectivity index (χ1n) is 10.00. The van der Waals surface area contributed by atoms with E-state index in [1.54, 1.807) is 22.6 Å². The molecule has 2 rings (SSSR count). The predicted octanol–water partition coefficient (Wildman–Crippen LogP) is 5.40. The Morgan fingerprint density at radius 2 is 1.61 bits per heavy atom. The number of nitrogens with two attached hydrogens (primary N) is 1. The number of hydrogen-bond donors (Lipinski definition) is 1. The van der Waals surface area contributed by atoms with Crippen LogP contribution in [0.5, 0.6) is 0 Å². The second-order valence-corrected chi connectivity index (χ2v) is 10.6. The Kier molecular flexibility index (Phi) is 8.86. The molecule has 0 bridgehead atoms.